The van der Waals surface area contributed by atoms with E-state index in [1.165, 1.54) is 28.5 Å². The molecule has 0 aliphatic carbocycles. The molecule has 1 fully saturated rings. The first-order valence-electron chi connectivity index (χ1n) is 11.8. The molecular formula is C26H38N6O9S. The Bertz CT molecular complexity index is 1110. The van der Waals surface area contributed by atoms with Crippen molar-refractivity contribution in [1.29, 1.82) is 0 Å². The van der Waals surface area contributed by atoms with Gasteiger partial charge in [0.15, 0.2) is 0 Å². The molecule has 0 saturated carbocycles. The molecule has 1 heterocycles. The van der Waals surface area contributed by atoms with E-state index in [9.17, 15) is 37.2 Å². The molecule has 0 aromatic heterocycles. The van der Waals surface area contributed by atoms with Gasteiger partial charge in [0.2, 0.25) is 35.4 Å². The Morgan fingerprint density at radius 3 is 1.21 bits per heavy atom. The van der Waals surface area contributed by atoms with Crippen molar-refractivity contribution in [3.05, 3.63) is 75.9 Å². The van der Waals surface area contributed by atoms with Crippen LogP contribution in [0.3, 0.4) is 0 Å². The van der Waals surface area contributed by atoms with E-state index >= 15 is 0 Å². The van der Waals surface area contributed by atoms with Crippen LogP contribution in [0.1, 0.15) is 13.8 Å². The lowest BCUT2D eigenvalue weighted by Gasteiger charge is -2.41. The van der Waals surface area contributed by atoms with E-state index in [0.717, 1.165) is 36.5 Å². The van der Waals surface area contributed by atoms with Crippen LogP contribution in [0.5, 0.6) is 0 Å². The number of amides is 6. The Kier molecular flexibility index (Phi) is 18.0. The fourth-order valence-corrected chi connectivity index (χ4v) is 3.78. The van der Waals surface area contributed by atoms with Crippen LogP contribution in [0, 0.1) is 0 Å². The van der Waals surface area contributed by atoms with Crippen molar-refractivity contribution in [2.45, 2.75) is 19.4 Å². The number of hydrogen-bond donors (Lipinski definition) is 4. The van der Waals surface area contributed by atoms with Crippen LogP contribution < -0.4 is 16.0 Å². The lowest BCUT2D eigenvalue weighted by atomic mass is 10.1. The third-order valence-electron chi connectivity index (χ3n) is 4.57. The van der Waals surface area contributed by atoms with Gasteiger partial charge in [-0.25, -0.2) is 0 Å². The molecule has 0 unspecified atom stereocenters. The van der Waals surface area contributed by atoms with Gasteiger partial charge in [0.05, 0.1) is 38.0 Å². The number of carbonyl (C=O) groups excluding carboxylic acids is 6. The predicted octanol–water partition coefficient (Wildman–Crippen LogP) is -0.580. The van der Waals surface area contributed by atoms with Crippen LogP contribution in [0.2, 0.25) is 0 Å². The minimum atomic E-state index is -4.08. The molecule has 42 heavy (non-hydrogen) atoms. The standard InChI is InChI=1S/C12H15N3O3.C7H10N2O2.C7H13NO4S/c1-4-10(16)13-7-14(11(17)5-2)9-15(8-13)12(18)6-3;1-3-6(10)8-5-9-7(11)4-2;1-4-6(9)8-7(2,3)5-13(10,11)12/h4-6H,1-3,7-9H2;3-4H,1-2,5H2,(H,8,10)(H,9,11);4H,1,5H2,2-3H3,(H,8,9)(H,10,11,12). The van der Waals surface area contributed by atoms with Gasteiger partial charge in [0.1, 0.15) is 0 Å². The topological polar surface area (TPSA) is 203 Å². The molecule has 4 N–H and O–H groups in total. The first kappa shape index (κ1) is 39.3. The second-order valence-corrected chi connectivity index (χ2v) is 10.1. The largest absolute Gasteiger partial charge is 0.347 e. The summed E-state index contributed by atoms with van der Waals surface area (Å²) in [6.07, 6.45) is 6.70. The normalized spacial score (nSPS) is 12.3. The minimum absolute atomic E-state index is 0.0930. The maximum atomic E-state index is 11.6. The van der Waals surface area contributed by atoms with E-state index in [2.05, 4.69) is 55.4 Å². The Morgan fingerprint density at radius 1 is 0.667 bits per heavy atom. The Hall–Kier alpha value is -4.83. The van der Waals surface area contributed by atoms with E-state index in [4.69, 9.17) is 4.55 Å². The highest BCUT2D eigenvalue weighted by atomic mass is 32.2. The van der Waals surface area contributed by atoms with Gasteiger partial charge in [-0.05, 0) is 50.3 Å². The number of hydrogen-bond acceptors (Lipinski definition) is 8. The molecule has 15 nitrogen and oxygen atoms in total. The van der Waals surface area contributed by atoms with Gasteiger partial charge in [0, 0.05) is 0 Å². The van der Waals surface area contributed by atoms with Crippen molar-refractivity contribution in [2.24, 2.45) is 0 Å². The number of nitrogens with zero attached hydrogens (tertiary/aromatic N) is 3. The van der Waals surface area contributed by atoms with Crippen molar-refractivity contribution >= 4 is 45.6 Å². The maximum absolute atomic E-state index is 11.6. The van der Waals surface area contributed by atoms with E-state index in [1.807, 2.05) is 0 Å². The van der Waals surface area contributed by atoms with E-state index < -0.39 is 27.3 Å². The molecule has 0 spiro atoms. The minimum Gasteiger partial charge on any atom is -0.347 e. The molecular weight excluding hydrogens is 572 g/mol. The summed E-state index contributed by atoms with van der Waals surface area (Å²) in [5, 5.41) is 7.09. The lowest BCUT2D eigenvalue weighted by molar-refractivity contribution is -0.152. The SMILES string of the molecule is C=CC(=O)N1CN(C(=O)C=C)CN(C(=O)C=C)C1.C=CC(=O)NC(C)(C)CS(=O)(=O)O.C=CC(=O)NCNC(=O)C=C. The van der Waals surface area contributed by atoms with E-state index in [0.29, 0.717) is 0 Å². The summed E-state index contributed by atoms with van der Waals surface area (Å²) in [4.78, 5) is 70.4. The molecule has 0 radical (unpaired) electrons. The second-order valence-electron chi connectivity index (χ2n) is 8.64. The zero-order valence-corrected chi connectivity index (χ0v) is 24.5. The molecule has 0 atom stereocenters. The van der Waals surface area contributed by atoms with Crippen LogP contribution >= 0.6 is 0 Å². The van der Waals surface area contributed by atoms with Crippen molar-refractivity contribution in [1.82, 2.24) is 30.7 Å². The van der Waals surface area contributed by atoms with Gasteiger partial charge in [-0.2, -0.15) is 8.42 Å². The van der Waals surface area contributed by atoms with Gasteiger partial charge in [-0.3, -0.25) is 33.3 Å². The highest BCUT2D eigenvalue weighted by molar-refractivity contribution is 7.85. The zero-order chi connectivity index (χ0) is 33.1. The Morgan fingerprint density at radius 2 is 0.976 bits per heavy atom. The third-order valence-corrected chi connectivity index (χ3v) is 5.66. The van der Waals surface area contributed by atoms with E-state index in [-0.39, 0.29) is 56.2 Å². The number of nitrogens with one attached hydrogen (secondary N) is 3. The van der Waals surface area contributed by atoms with E-state index in [1.54, 1.807) is 0 Å². The summed E-state index contributed by atoms with van der Waals surface area (Å²) in [6, 6.07) is 0. The van der Waals surface area contributed by atoms with Crippen LogP contribution in [-0.2, 0) is 38.9 Å². The average molecular weight is 611 g/mol. The summed E-state index contributed by atoms with van der Waals surface area (Å²) in [5.41, 5.74) is -1.00. The zero-order valence-electron chi connectivity index (χ0n) is 23.7. The van der Waals surface area contributed by atoms with Crippen LogP contribution in [0.4, 0.5) is 0 Å². The lowest BCUT2D eigenvalue weighted by Crippen LogP contribution is -2.58. The van der Waals surface area contributed by atoms with Crippen molar-refractivity contribution in [3.8, 4) is 0 Å². The van der Waals surface area contributed by atoms with Crippen LogP contribution in [0.25, 0.3) is 0 Å². The molecule has 0 bridgehead atoms. The smallest absolute Gasteiger partial charge is 0.267 e. The number of carbonyl (C=O) groups is 6. The highest BCUT2D eigenvalue weighted by Crippen LogP contribution is 2.10. The molecule has 232 valence electrons. The molecule has 1 rings (SSSR count). The number of rotatable bonds is 11. The molecule has 1 aliphatic heterocycles. The average Bonchev–Trinajstić information content (AvgIpc) is 2.94. The first-order chi connectivity index (χ1) is 19.4. The second kappa shape index (κ2) is 19.3. The Balaban J connectivity index is 0. The molecule has 0 aromatic carbocycles. The van der Waals surface area contributed by atoms with Crippen molar-refractivity contribution in [3.63, 3.8) is 0 Å². The third kappa shape index (κ3) is 17.7. The van der Waals surface area contributed by atoms with Gasteiger partial charge >= 0.3 is 0 Å². The summed E-state index contributed by atoms with van der Waals surface area (Å²) in [5.74, 6) is -2.70. The maximum Gasteiger partial charge on any atom is 0.267 e. The first-order valence-corrected chi connectivity index (χ1v) is 13.4. The van der Waals surface area contributed by atoms with Gasteiger partial charge < -0.3 is 30.7 Å². The highest BCUT2D eigenvalue weighted by Gasteiger charge is 2.29. The molecule has 0 aromatic rings. The van der Waals surface area contributed by atoms with Gasteiger partial charge in [-0.1, -0.05) is 39.5 Å². The van der Waals surface area contributed by atoms with Gasteiger partial charge in [-0.15, -0.1) is 0 Å². The summed E-state index contributed by atoms with van der Waals surface area (Å²) >= 11 is 0. The quantitative estimate of drug-likeness (QED) is 0.134. The molecule has 16 heteroatoms. The molecule has 1 saturated heterocycles. The van der Waals surface area contributed by atoms with Gasteiger partial charge in [0.25, 0.3) is 10.1 Å². The monoisotopic (exact) mass is 610 g/mol. The molecule has 1 aliphatic rings. The van der Waals surface area contributed by atoms with Crippen molar-refractivity contribution < 1.29 is 41.7 Å². The molecule has 6 amide bonds. The fraction of sp³-hybridized carbons (Fsp3) is 0.308. The predicted molar refractivity (Wildman–Crippen MR) is 156 cm³/mol. The Labute approximate surface area is 245 Å². The fourth-order valence-electron chi connectivity index (χ4n) is 2.80. The summed E-state index contributed by atoms with van der Waals surface area (Å²) in [6.45, 7) is 23.2. The van der Waals surface area contributed by atoms with Crippen molar-refractivity contribution in [2.75, 3.05) is 32.4 Å². The summed E-state index contributed by atoms with van der Waals surface area (Å²) < 4.78 is 29.5. The van der Waals surface area contributed by atoms with Crippen LogP contribution in [0.15, 0.2) is 75.9 Å². The van der Waals surface area contributed by atoms with Crippen LogP contribution in [-0.4, -0.2) is 101 Å². The summed E-state index contributed by atoms with van der Waals surface area (Å²) in [7, 11) is -4.08.